The third-order valence-corrected chi connectivity index (χ3v) is 6.24. The number of carbonyl (C=O) groups is 1. The minimum atomic E-state index is -0.455. The maximum absolute atomic E-state index is 12.6. The molecule has 1 aromatic heterocycles. The van der Waals surface area contributed by atoms with E-state index in [1.54, 1.807) is 17.8 Å². The molecule has 156 valence electrons. The fourth-order valence-electron chi connectivity index (χ4n) is 3.56. The summed E-state index contributed by atoms with van der Waals surface area (Å²) in [7, 11) is 0. The van der Waals surface area contributed by atoms with Crippen molar-refractivity contribution in [3.8, 4) is 0 Å². The van der Waals surface area contributed by atoms with E-state index in [0.717, 1.165) is 43.1 Å². The molecule has 1 aliphatic rings. The topological polar surface area (TPSA) is 51.6 Å². The Bertz CT molecular complexity index is 1410. The summed E-state index contributed by atoms with van der Waals surface area (Å²) >= 11 is 1.56. The number of aliphatic imine (C=N–C) groups is 1. The molecule has 0 saturated carbocycles. The second kappa shape index (κ2) is 8.44. The highest BCUT2D eigenvalue weighted by Crippen LogP contribution is 2.33. The van der Waals surface area contributed by atoms with Crippen molar-refractivity contribution < 1.29 is 9.53 Å². The van der Waals surface area contributed by atoms with E-state index in [1.165, 1.54) is 0 Å². The Labute approximate surface area is 190 Å². The second-order valence-electron chi connectivity index (χ2n) is 7.64. The van der Waals surface area contributed by atoms with E-state index in [2.05, 4.69) is 30.1 Å². The Hall–Kier alpha value is -3.70. The monoisotopic (exact) mass is 436 g/mol. The van der Waals surface area contributed by atoms with Gasteiger partial charge in [0.25, 0.3) is 0 Å². The molecule has 0 bridgehead atoms. The van der Waals surface area contributed by atoms with Crippen molar-refractivity contribution in [1.82, 2.24) is 4.98 Å². The predicted molar refractivity (Wildman–Crippen MR) is 129 cm³/mol. The van der Waals surface area contributed by atoms with Crippen molar-refractivity contribution in [3.63, 3.8) is 0 Å². The fourth-order valence-corrected chi connectivity index (χ4v) is 4.46. The Balaban J connectivity index is 1.62. The summed E-state index contributed by atoms with van der Waals surface area (Å²) in [6.07, 6.45) is 1.77. The van der Waals surface area contributed by atoms with Crippen LogP contribution < -0.4 is 0 Å². The second-order valence-corrected chi connectivity index (χ2v) is 8.71. The molecule has 5 rings (SSSR count). The molecule has 32 heavy (non-hydrogen) atoms. The molecule has 0 N–H and O–H groups in total. The lowest BCUT2D eigenvalue weighted by atomic mass is 10.1. The first-order chi connectivity index (χ1) is 15.6. The summed E-state index contributed by atoms with van der Waals surface area (Å²) in [6, 6.07) is 26.0. The van der Waals surface area contributed by atoms with E-state index in [1.807, 2.05) is 67.6 Å². The standard InChI is InChI=1S/C27H20N2O2S/c1-17-12-13-23-19(14-17)15-20(26(29-23)32-21-9-4-3-5-10-21)16-24-27(30)31-25(28-24)22-11-7-6-8-18(22)2/h3-16H,1-2H3/b24-16+. The third kappa shape index (κ3) is 4.07. The molecular formula is C27H20N2O2S. The molecule has 0 atom stereocenters. The molecule has 0 spiro atoms. The van der Waals surface area contributed by atoms with Crippen LogP contribution in [0.1, 0.15) is 22.3 Å². The molecule has 5 heteroatoms. The van der Waals surface area contributed by atoms with Crippen LogP contribution in [0, 0.1) is 13.8 Å². The molecule has 0 amide bonds. The van der Waals surface area contributed by atoms with Crippen LogP contribution in [0.15, 0.2) is 99.5 Å². The quantitative estimate of drug-likeness (QED) is 0.276. The van der Waals surface area contributed by atoms with Crippen molar-refractivity contribution in [3.05, 3.63) is 107 Å². The number of hydrogen-bond acceptors (Lipinski definition) is 5. The fraction of sp³-hybridized carbons (Fsp3) is 0.0741. The van der Waals surface area contributed by atoms with Crippen LogP contribution in [-0.4, -0.2) is 16.9 Å². The van der Waals surface area contributed by atoms with Crippen LogP contribution in [0.4, 0.5) is 0 Å². The van der Waals surface area contributed by atoms with Gasteiger partial charge in [0.1, 0.15) is 5.03 Å². The lowest BCUT2D eigenvalue weighted by molar-refractivity contribution is -0.129. The van der Waals surface area contributed by atoms with Gasteiger partial charge in [0.05, 0.1) is 5.52 Å². The first-order valence-electron chi connectivity index (χ1n) is 10.3. The Morgan fingerprint density at radius 2 is 1.69 bits per heavy atom. The average Bonchev–Trinajstić information content (AvgIpc) is 3.15. The van der Waals surface area contributed by atoms with Crippen molar-refractivity contribution >= 4 is 40.6 Å². The first-order valence-corrected chi connectivity index (χ1v) is 11.1. The number of aryl methyl sites for hydroxylation is 2. The van der Waals surface area contributed by atoms with Crippen LogP contribution in [0.5, 0.6) is 0 Å². The predicted octanol–water partition coefficient (Wildman–Crippen LogP) is 6.35. The zero-order valence-electron chi connectivity index (χ0n) is 17.7. The number of pyridine rings is 1. The number of fused-ring (bicyclic) bond motifs is 1. The minimum absolute atomic E-state index is 0.270. The molecule has 0 unspecified atom stereocenters. The number of ether oxygens (including phenoxy) is 1. The highest BCUT2D eigenvalue weighted by molar-refractivity contribution is 7.99. The SMILES string of the molecule is Cc1ccc2nc(Sc3ccccc3)c(/C=C3/N=C(c4ccccc4C)OC3=O)cc2c1. The zero-order valence-corrected chi connectivity index (χ0v) is 18.5. The summed E-state index contributed by atoms with van der Waals surface area (Å²) in [4.78, 5) is 23.1. The van der Waals surface area contributed by atoms with Gasteiger partial charge in [0, 0.05) is 21.4 Å². The minimum Gasteiger partial charge on any atom is -0.402 e. The van der Waals surface area contributed by atoms with E-state index < -0.39 is 5.97 Å². The Morgan fingerprint density at radius 1 is 0.906 bits per heavy atom. The van der Waals surface area contributed by atoms with E-state index in [9.17, 15) is 4.79 Å². The summed E-state index contributed by atoms with van der Waals surface area (Å²) in [5.74, 6) is -0.121. The van der Waals surface area contributed by atoms with Gasteiger partial charge in [-0.05, 0) is 61.9 Å². The van der Waals surface area contributed by atoms with Crippen molar-refractivity contribution in [2.24, 2.45) is 4.99 Å². The summed E-state index contributed by atoms with van der Waals surface area (Å²) in [5, 5.41) is 1.83. The van der Waals surface area contributed by atoms with Gasteiger partial charge in [-0.25, -0.2) is 14.8 Å². The van der Waals surface area contributed by atoms with Gasteiger partial charge in [-0.15, -0.1) is 0 Å². The van der Waals surface area contributed by atoms with E-state index >= 15 is 0 Å². The molecule has 4 nitrogen and oxygen atoms in total. The molecule has 0 aliphatic carbocycles. The van der Waals surface area contributed by atoms with Crippen LogP contribution in [-0.2, 0) is 9.53 Å². The van der Waals surface area contributed by atoms with E-state index in [0.29, 0.717) is 5.90 Å². The first kappa shape index (κ1) is 20.2. The Kier molecular flexibility index (Phi) is 5.33. The van der Waals surface area contributed by atoms with Crippen LogP contribution in [0.3, 0.4) is 0 Å². The smallest absolute Gasteiger partial charge is 0.363 e. The van der Waals surface area contributed by atoms with Gasteiger partial charge in [-0.2, -0.15) is 0 Å². The normalized spacial score (nSPS) is 14.6. The van der Waals surface area contributed by atoms with Crippen molar-refractivity contribution in [1.29, 1.82) is 0 Å². The number of aromatic nitrogens is 1. The molecule has 0 radical (unpaired) electrons. The van der Waals surface area contributed by atoms with Crippen LogP contribution in [0.2, 0.25) is 0 Å². The summed E-state index contributed by atoms with van der Waals surface area (Å²) in [5.41, 5.74) is 4.99. The average molecular weight is 437 g/mol. The molecular weight excluding hydrogens is 416 g/mol. The van der Waals surface area contributed by atoms with Gasteiger partial charge < -0.3 is 4.74 Å². The van der Waals surface area contributed by atoms with Gasteiger partial charge >= 0.3 is 5.97 Å². The highest BCUT2D eigenvalue weighted by Gasteiger charge is 2.25. The molecule has 0 saturated heterocycles. The number of carbonyl (C=O) groups excluding carboxylic acids is 1. The number of cyclic esters (lactones) is 1. The summed E-state index contributed by atoms with van der Waals surface area (Å²) in [6.45, 7) is 4.02. The highest BCUT2D eigenvalue weighted by atomic mass is 32.2. The maximum atomic E-state index is 12.6. The molecule has 3 aromatic carbocycles. The van der Waals surface area contributed by atoms with Gasteiger partial charge in [-0.1, -0.05) is 59.8 Å². The van der Waals surface area contributed by atoms with E-state index in [-0.39, 0.29) is 5.70 Å². The van der Waals surface area contributed by atoms with Crippen molar-refractivity contribution in [2.75, 3.05) is 0 Å². The molecule has 1 aliphatic heterocycles. The van der Waals surface area contributed by atoms with Crippen molar-refractivity contribution in [2.45, 2.75) is 23.8 Å². The maximum Gasteiger partial charge on any atom is 0.363 e. The number of hydrogen-bond donors (Lipinski definition) is 0. The summed E-state index contributed by atoms with van der Waals surface area (Å²) < 4.78 is 5.49. The van der Waals surface area contributed by atoms with Crippen LogP contribution in [0.25, 0.3) is 17.0 Å². The van der Waals surface area contributed by atoms with E-state index in [4.69, 9.17) is 9.72 Å². The third-order valence-electron chi connectivity index (χ3n) is 5.21. The zero-order chi connectivity index (χ0) is 22.1. The number of esters is 1. The number of rotatable bonds is 4. The van der Waals surface area contributed by atoms with Crippen LogP contribution >= 0.6 is 11.8 Å². The number of benzene rings is 3. The molecule has 2 heterocycles. The van der Waals surface area contributed by atoms with Gasteiger partial charge in [0.2, 0.25) is 5.90 Å². The lowest BCUT2D eigenvalue weighted by Crippen LogP contribution is -2.06. The lowest BCUT2D eigenvalue weighted by Gasteiger charge is -2.08. The van der Waals surface area contributed by atoms with Gasteiger partial charge in [-0.3, -0.25) is 0 Å². The largest absolute Gasteiger partial charge is 0.402 e. The Morgan fingerprint density at radius 3 is 2.50 bits per heavy atom. The number of nitrogens with zero attached hydrogens (tertiary/aromatic N) is 2. The molecule has 4 aromatic rings. The molecule has 0 fully saturated rings. The van der Waals surface area contributed by atoms with Gasteiger partial charge in [0.15, 0.2) is 5.70 Å².